The molecule has 0 atom stereocenters. The SMILES string of the molecule is O=C(Cc1ccc([N+](=O)[O-])cc1)NN=Cc1ccccc1I. The van der Waals surface area contributed by atoms with Gasteiger partial charge in [-0.25, -0.2) is 5.43 Å². The molecule has 1 amide bonds. The molecule has 0 bridgehead atoms. The summed E-state index contributed by atoms with van der Waals surface area (Å²) in [6.45, 7) is 0. The fourth-order valence-corrected chi connectivity index (χ4v) is 2.24. The third-order valence-electron chi connectivity index (χ3n) is 2.81. The Morgan fingerprint density at radius 1 is 1.23 bits per heavy atom. The topological polar surface area (TPSA) is 84.6 Å². The summed E-state index contributed by atoms with van der Waals surface area (Å²) >= 11 is 2.19. The lowest BCUT2D eigenvalue weighted by Gasteiger charge is -2.01. The average molecular weight is 409 g/mol. The minimum Gasteiger partial charge on any atom is -0.273 e. The molecule has 0 radical (unpaired) electrons. The number of nitrogens with zero attached hydrogens (tertiary/aromatic N) is 2. The van der Waals surface area contributed by atoms with E-state index in [-0.39, 0.29) is 18.0 Å². The Morgan fingerprint density at radius 3 is 2.55 bits per heavy atom. The van der Waals surface area contributed by atoms with Crippen LogP contribution in [-0.2, 0) is 11.2 Å². The Bertz CT molecular complexity index is 714. The summed E-state index contributed by atoms with van der Waals surface area (Å²) in [7, 11) is 0. The quantitative estimate of drug-likeness (QED) is 0.357. The molecule has 0 saturated heterocycles. The van der Waals surface area contributed by atoms with Crippen molar-refractivity contribution >= 4 is 40.4 Å². The second-order valence-corrected chi connectivity index (χ2v) is 5.58. The third kappa shape index (κ3) is 4.62. The van der Waals surface area contributed by atoms with Crippen LogP contribution in [0.1, 0.15) is 11.1 Å². The number of carbonyl (C=O) groups excluding carboxylic acids is 1. The van der Waals surface area contributed by atoms with Crippen LogP contribution in [0.15, 0.2) is 53.6 Å². The molecule has 0 unspecified atom stereocenters. The summed E-state index contributed by atoms with van der Waals surface area (Å²) in [5.74, 6) is -0.281. The molecule has 0 aromatic heterocycles. The number of non-ortho nitro benzene ring substituents is 1. The predicted molar refractivity (Wildman–Crippen MR) is 91.7 cm³/mol. The van der Waals surface area contributed by atoms with E-state index in [1.54, 1.807) is 18.3 Å². The highest BCUT2D eigenvalue weighted by atomic mass is 127. The minimum atomic E-state index is -0.477. The van der Waals surface area contributed by atoms with Gasteiger partial charge >= 0.3 is 0 Å². The molecule has 0 heterocycles. The van der Waals surface area contributed by atoms with Gasteiger partial charge < -0.3 is 0 Å². The fraction of sp³-hybridized carbons (Fsp3) is 0.0667. The lowest BCUT2D eigenvalue weighted by Crippen LogP contribution is -2.19. The zero-order chi connectivity index (χ0) is 15.9. The molecule has 0 aliphatic carbocycles. The van der Waals surface area contributed by atoms with Gasteiger partial charge in [-0.2, -0.15) is 5.10 Å². The molecule has 0 saturated carbocycles. The van der Waals surface area contributed by atoms with Crippen molar-refractivity contribution in [2.24, 2.45) is 5.10 Å². The van der Waals surface area contributed by atoms with E-state index < -0.39 is 4.92 Å². The molecule has 1 N–H and O–H groups in total. The van der Waals surface area contributed by atoms with E-state index in [9.17, 15) is 14.9 Å². The minimum absolute atomic E-state index is 0.000770. The van der Waals surface area contributed by atoms with E-state index in [0.29, 0.717) is 5.56 Å². The Morgan fingerprint density at radius 2 is 1.91 bits per heavy atom. The Hall–Kier alpha value is -2.29. The van der Waals surface area contributed by atoms with E-state index in [1.807, 2.05) is 24.3 Å². The van der Waals surface area contributed by atoms with E-state index in [0.717, 1.165) is 9.13 Å². The van der Waals surface area contributed by atoms with Crippen LogP contribution in [0.3, 0.4) is 0 Å². The van der Waals surface area contributed by atoms with Crippen LogP contribution in [0.5, 0.6) is 0 Å². The Labute approximate surface area is 140 Å². The number of hydrogen-bond acceptors (Lipinski definition) is 4. The molecule has 22 heavy (non-hydrogen) atoms. The first-order valence-electron chi connectivity index (χ1n) is 6.36. The van der Waals surface area contributed by atoms with Gasteiger partial charge in [0.25, 0.3) is 5.69 Å². The van der Waals surface area contributed by atoms with Gasteiger partial charge in [0.2, 0.25) is 5.91 Å². The third-order valence-corrected chi connectivity index (χ3v) is 3.79. The van der Waals surface area contributed by atoms with Crippen LogP contribution in [0, 0.1) is 13.7 Å². The van der Waals surface area contributed by atoms with Gasteiger partial charge in [-0.1, -0.05) is 30.3 Å². The van der Waals surface area contributed by atoms with Crippen LogP contribution >= 0.6 is 22.6 Å². The zero-order valence-corrected chi connectivity index (χ0v) is 13.6. The lowest BCUT2D eigenvalue weighted by atomic mass is 10.1. The van der Waals surface area contributed by atoms with Crippen molar-refractivity contribution in [3.05, 3.63) is 73.3 Å². The number of halogens is 1. The van der Waals surface area contributed by atoms with Crippen LogP contribution in [0.2, 0.25) is 0 Å². The average Bonchev–Trinajstić information content (AvgIpc) is 2.50. The normalized spacial score (nSPS) is 10.6. The van der Waals surface area contributed by atoms with Gasteiger partial charge in [-0.15, -0.1) is 0 Å². The summed E-state index contributed by atoms with van der Waals surface area (Å²) in [5.41, 5.74) is 4.04. The lowest BCUT2D eigenvalue weighted by molar-refractivity contribution is -0.384. The van der Waals surface area contributed by atoms with Gasteiger partial charge in [0, 0.05) is 21.3 Å². The van der Waals surface area contributed by atoms with Gasteiger partial charge in [-0.3, -0.25) is 14.9 Å². The summed E-state index contributed by atoms with van der Waals surface area (Å²) in [4.78, 5) is 21.8. The second kappa shape index (κ2) is 7.64. The molecule has 2 aromatic carbocycles. The number of hydrazone groups is 1. The van der Waals surface area contributed by atoms with Gasteiger partial charge in [-0.05, 0) is 34.2 Å². The van der Waals surface area contributed by atoms with E-state index in [1.165, 1.54) is 12.1 Å². The molecule has 112 valence electrons. The summed E-state index contributed by atoms with van der Waals surface area (Å²) in [5, 5.41) is 14.5. The Kier molecular flexibility index (Phi) is 5.59. The zero-order valence-electron chi connectivity index (χ0n) is 11.4. The van der Waals surface area contributed by atoms with E-state index in [2.05, 4.69) is 33.1 Å². The molecule has 0 aliphatic rings. The largest absolute Gasteiger partial charge is 0.273 e. The first-order chi connectivity index (χ1) is 10.6. The predicted octanol–water partition coefficient (Wildman–Crippen LogP) is 2.89. The number of amides is 1. The maximum absolute atomic E-state index is 11.7. The van der Waals surface area contributed by atoms with Crippen molar-refractivity contribution in [2.75, 3.05) is 0 Å². The second-order valence-electron chi connectivity index (χ2n) is 4.42. The number of carbonyl (C=O) groups is 1. The van der Waals surface area contributed by atoms with Crippen molar-refractivity contribution in [1.82, 2.24) is 5.43 Å². The highest BCUT2D eigenvalue weighted by Crippen LogP contribution is 2.12. The molecule has 6 nitrogen and oxygen atoms in total. The maximum atomic E-state index is 11.7. The van der Waals surface area contributed by atoms with Crippen molar-refractivity contribution in [1.29, 1.82) is 0 Å². The molecular weight excluding hydrogens is 397 g/mol. The smallest absolute Gasteiger partial charge is 0.269 e. The van der Waals surface area contributed by atoms with Crippen molar-refractivity contribution in [3.8, 4) is 0 Å². The molecule has 2 aromatic rings. The molecule has 7 heteroatoms. The van der Waals surface area contributed by atoms with Crippen molar-refractivity contribution in [3.63, 3.8) is 0 Å². The highest BCUT2D eigenvalue weighted by Gasteiger charge is 2.06. The Balaban J connectivity index is 1.90. The van der Waals surface area contributed by atoms with Crippen molar-refractivity contribution in [2.45, 2.75) is 6.42 Å². The summed E-state index contributed by atoms with van der Waals surface area (Å²) in [6, 6.07) is 13.5. The maximum Gasteiger partial charge on any atom is 0.269 e. The van der Waals surface area contributed by atoms with Gasteiger partial charge in [0.05, 0.1) is 17.6 Å². The molecular formula is C15H12IN3O3. The van der Waals surface area contributed by atoms with Crippen molar-refractivity contribution < 1.29 is 9.72 Å². The molecule has 0 fully saturated rings. The fourth-order valence-electron chi connectivity index (χ4n) is 1.71. The number of nitro groups is 1. The summed E-state index contributed by atoms with van der Waals surface area (Å²) < 4.78 is 1.04. The van der Waals surface area contributed by atoms with E-state index >= 15 is 0 Å². The molecule has 0 spiro atoms. The first-order valence-corrected chi connectivity index (χ1v) is 7.44. The number of hydrogen-bond donors (Lipinski definition) is 1. The highest BCUT2D eigenvalue weighted by molar-refractivity contribution is 14.1. The number of nitro benzene ring substituents is 1. The van der Waals surface area contributed by atoms with Gasteiger partial charge in [0.15, 0.2) is 0 Å². The number of rotatable bonds is 5. The standard InChI is InChI=1S/C15H12IN3O3/c16-14-4-2-1-3-12(14)10-17-18-15(20)9-11-5-7-13(8-6-11)19(21)22/h1-8,10H,9H2,(H,18,20). The monoisotopic (exact) mass is 409 g/mol. The van der Waals surface area contributed by atoms with Crippen LogP contribution in [0.25, 0.3) is 0 Å². The molecule has 2 rings (SSSR count). The number of nitrogens with one attached hydrogen (secondary N) is 1. The number of benzene rings is 2. The van der Waals surface area contributed by atoms with Crippen LogP contribution in [0.4, 0.5) is 5.69 Å². The summed E-state index contributed by atoms with van der Waals surface area (Å²) in [6.07, 6.45) is 1.69. The van der Waals surface area contributed by atoms with E-state index in [4.69, 9.17) is 0 Å². The van der Waals surface area contributed by atoms with Gasteiger partial charge in [0.1, 0.15) is 0 Å². The first kappa shape index (κ1) is 16.1. The van der Waals surface area contributed by atoms with Crippen LogP contribution in [-0.4, -0.2) is 17.0 Å². The van der Waals surface area contributed by atoms with Crippen LogP contribution < -0.4 is 5.43 Å². The molecule has 0 aliphatic heterocycles.